The van der Waals surface area contributed by atoms with Crippen LogP contribution in [0.15, 0.2) is 170 Å². The first-order valence-electron chi connectivity index (χ1n) is 20.0. The molecule has 0 atom stereocenters. The summed E-state index contributed by atoms with van der Waals surface area (Å²) in [6.45, 7) is 9.63. The summed E-state index contributed by atoms with van der Waals surface area (Å²) in [6, 6.07) is 64.3. The molecule has 0 unspecified atom stereocenters. The smallest absolute Gasteiger partial charge is 0.0165 e. The van der Waals surface area contributed by atoms with Gasteiger partial charge in [0.05, 0.1) is 0 Å². The summed E-state index contributed by atoms with van der Waals surface area (Å²) in [5.41, 5.74) is 16.1. The van der Waals surface area contributed by atoms with Crippen LogP contribution in [-0.4, -0.2) is 0 Å². The van der Waals surface area contributed by atoms with Crippen molar-refractivity contribution in [2.24, 2.45) is 0 Å². The molecule has 56 heavy (non-hydrogen) atoms. The quantitative estimate of drug-likeness (QED) is 0.124. The van der Waals surface area contributed by atoms with Gasteiger partial charge in [0.1, 0.15) is 0 Å². The molecular formula is C56H40. The van der Waals surface area contributed by atoms with Crippen molar-refractivity contribution in [3.05, 3.63) is 192 Å². The molecule has 10 aromatic rings. The Morgan fingerprint density at radius 2 is 0.714 bits per heavy atom. The van der Waals surface area contributed by atoms with Crippen molar-refractivity contribution in [2.45, 2.75) is 38.5 Å². The van der Waals surface area contributed by atoms with E-state index in [-0.39, 0.29) is 10.8 Å². The fraction of sp³-hybridized carbons (Fsp3) is 0.107. The van der Waals surface area contributed by atoms with Crippen LogP contribution in [0.25, 0.3) is 98.4 Å². The number of hydrogen-bond donors (Lipinski definition) is 0. The highest BCUT2D eigenvalue weighted by Gasteiger charge is 2.39. The van der Waals surface area contributed by atoms with E-state index >= 15 is 0 Å². The molecule has 0 aliphatic heterocycles. The normalized spacial score (nSPS) is 14.7. The molecule has 0 spiro atoms. The molecule has 0 amide bonds. The van der Waals surface area contributed by atoms with Crippen LogP contribution in [-0.2, 0) is 10.8 Å². The second-order valence-electron chi connectivity index (χ2n) is 17.1. The predicted octanol–water partition coefficient (Wildman–Crippen LogP) is 15.4. The van der Waals surface area contributed by atoms with Gasteiger partial charge in [0, 0.05) is 10.8 Å². The van der Waals surface area contributed by atoms with Gasteiger partial charge in [-0.3, -0.25) is 0 Å². The summed E-state index contributed by atoms with van der Waals surface area (Å²) in [5, 5.41) is 13.1. The van der Waals surface area contributed by atoms with Crippen LogP contribution in [0.4, 0.5) is 0 Å². The average Bonchev–Trinajstić information content (AvgIpc) is 3.62. The maximum absolute atomic E-state index is 2.54. The molecule has 2 aliphatic carbocycles. The summed E-state index contributed by atoms with van der Waals surface area (Å²) in [7, 11) is 0. The van der Waals surface area contributed by atoms with E-state index in [0.717, 1.165) is 0 Å². The molecule has 2 aliphatic rings. The van der Waals surface area contributed by atoms with Gasteiger partial charge in [-0.1, -0.05) is 185 Å². The minimum Gasteiger partial charge on any atom is -0.0619 e. The van der Waals surface area contributed by atoms with Gasteiger partial charge >= 0.3 is 0 Å². The van der Waals surface area contributed by atoms with Gasteiger partial charge in [0.2, 0.25) is 0 Å². The van der Waals surface area contributed by atoms with Crippen molar-refractivity contribution in [3.8, 4) is 44.5 Å². The van der Waals surface area contributed by atoms with Gasteiger partial charge in [-0.2, -0.15) is 0 Å². The summed E-state index contributed by atoms with van der Waals surface area (Å²) in [4.78, 5) is 0. The van der Waals surface area contributed by atoms with Gasteiger partial charge < -0.3 is 0 Å². The summed E-state index contributed by atoms with van der Waals surface area (Å²) < 4.78 is 0. The largest absolute Gasteiger partial charge is 0.0619 e. The van der Waals surface area contributed by atoms with Crippen LogP contribution >= 0.6 is 0 Å². The first kappa shape index (κ1) is 31.8. The monoisotopic (exact) mass is 712 g/mol. The van der Waals surface area contributed by atoms with E-state index in [2.05, 4.69) is 198 Å². The van der Waals surface area contributed by atoms with E-state index in [9.17, 15) is 0 Å². The fourth-order valence-electron chi connectivity index (χ4n) is 11.1. The lowest BCUT2D eigenvalue weighted by Gasteiger charge is -2.25. The summed E-state index contributed by atoms with van der Waals surface area (Å²) in [5.74, 6) is 0. The van der Waals surface area contributed by atoms with Gasteiger partial charge in [-0.05, 0) is 133 Å². The van der Waals surface area contributed by atoms with E-state index in [1.165, 1.54) is 121 Å². The Morgan fingerprint density at radius 1 is 0.268 bits per heavy atom. The average molecular weight is 713 g/mol. The zero-order valence-electron chi connectivity index (χ0n) is 32.2. The second kappa shape index (κ2) is 11.1. The molecule has 0 fully saturated rings. The third-order valence-electron chi connectivity index (χ3n) is 13.6. The topological polar surface area (TPSA) is 0 Å². The van der Waals surface area contributed by atoms with Crippen molar-refractivity contribution in [1.29, 1.82) is 0 Å². The molecule has 0 bridgehead atoms. The Morgan fingerprint density at radius 3 is 1.34 bits per heavy atom. The van der Waals surface area contributed by atoms with E-state index < -0.39 is 0 Å². The van der Waals surface area contributed by atoms with Crippen LogP contribution in [0, 0.1) is 0 Å². The molecule has 0 saturated carbocycles. The van der Waals surface area contributed by atoms with Crippen molar-refractivity contribution < 1.29 is 0 Å². The van der Waals surface area contributed by atoms with Gasteiger partial charge in [0.15, 0.2) is 0 Å². The van der Waals surface area contributed by atoms with Crippen LogP contribution < -0.4 is 0 Å². The van der Waals surface area contributed by atoms with Gasteiger partial charge in [0.25, 0.3) is 0 Å². The Bertz CT molecular complexity index is 3300. The van der Waals surface area contributed by atoms with Crippen molar-refractivity contribution >= 4 is 53.9 Å². The van der Waals surface area contributed by atoms with Gasteiger partial charge in [-0.15, -0.1) is 0 Å². The number of rotatable bonds is 2. The van der Waals surface area contributed by atoms with Crippen LogP contribution in [0.2, 0.25) is 0 Å². The molecule has 0 heterocycles. The summed E-state index contributed by atoms with van der Waals surface area (Å²) in [6.07, 6.45) is 0. The highest BCUT2D eigenvalue weighted by atomic mass is 14.4. The first-order valence-corrected chi connectivity index (χ1v) is 20.0. The third kappa shape index (κ3) is 3.99. The van der Waals surface area contributed by atoms with Crippen LogP contribution in [0.5, 0.6) is 0 Å². The van der Waals surface area contributed by atoms with Crippen molar-refractivity contribution in [3.63, 3.8) is 0 Å². The van der Waals surface area contributed by atoms with E-state index in [1.807, 2.05) is 0 Å². The molecule has 12 rings (SSSR count). The van der Waals surface area contributed by atoms with E-state index in [4.69, 9.17) is 0 Å². The molecule has 264 valence electrons. The molecule has 0 radical (unpaired) electrons. The third-order valence-corrected chi connectivity index (χ3v) is 13.6. The maximum Gasteiger partial charge on any atom is 0.0165 e. The van der Waals surface area contributed by atoms with E-state index in [1.54, 1.807) is 0 Å². The number of fused-ring (bicyclic) bond motifs is 15. The zero-order chi connectivity index (χ0) is 37.5. The minimum atomic E-state index is -0.136. The lowest BCUT2D eigenvalue weighted by molar-refractivity contribution is 0.661. The van der Waals surface area contributed by atoms with E-state index in [0.29, 0.717) is 0 Å². The van der Waals surface area contributed by atoms with Gasteiger partial charge in [-0.25, -0.2) is 0 Å². The standard InChI is InChI=1S/C56H40/c1-55(2)47-28-16-15-27-44(47)52-37-20-8-6-19-36(37)45(32-49(52)55)51-41-24-12-10-22-39(41)50(40-23-11-13-25-42(40)51)33-29-30-48-46(31-33)53-38-21-9-5-17-34(38)35-18-7-14-26-43(35)54(53)56(48,3)4/h5-32H,1-4H3. The number of benzene rings is 10. The zero-order valence-corrected chi connectivity index (χ0v) is 32.2. The summed E-state index contributed by atoms with van der Waals surface area (Å²) >= 11 is 0. The molecule has 0 heteroatoms. The highest BCUT2D eigenvalue weighted by Crippen LogP contribution is 2.57. The minimum absolute atomic E-state index is 0.111. The predicted molar refractivity (Wildman–Crippen MR) is 240 cm³/mol. The fourth-order valence-corrected chi connectivity index (χ4v) is 11.1. The Kier molecular flexibility index (Phi) is 6.28. The highest BCUT2D eigenvalue weighted by molar-refractivity contribution is 6.25. The lowest BCUT2D eigenvalue weighted by Crippen LogP contribution is -2.15. The maximum atomic E-state index is 2.54. The Balaban J connectivity index is 1.17. The number of hydrogen-bond acceptors (Lipinski definition) is 0. The van der Waals surface area contributed by atoms with Crippen LogP contribution in [0.3, 0.4) is 0 Å². The first-order chi connectivity index (χ1) is 27.3. The Labute approximate surface area is 327 Å². The molecule has 0 aromatic heterocycles. The molecule has 0 nitrogen and oxygen atoms in total. The SMILES string of the molecule is CC1(C)c2ccccc2-c2c1cc(-c1c3ccccc3c(-c3ccc4c(c3)-c3c(c5ccccc5c5ccccc35)C4(C)C)c3ccccc13)c1ccccc21. The Hall–Kier alpha value is -6.50. The molecular weight excluding hydrogens is 673 g/mol. The lowest BCUT2D eigenvalue weighted by atomic mass is 9.78. The van der Waals surface area contributed by atoms with Crippen molar-refractivity contribution in [1.82, 2.24) is 0 Å². The van der Waals surface area contributed by atoms with Crippen LogP contribution in [0.1, 0.15) is 49.9 Å². The second-order valence-corrected chi connectivity index (χ2v) is 17.1. The van der Waals surface area contributed by atoms with Crippen molar-refractivity contribution in [2.75, 3.05) is 0 Å². The molecule has 0 saturated heterocycles. The molecule has 10 aromatic carbocycles. The molecule has 0 N–H and O–H groups in total.